The minimum atomic E-state index is 0.592. The molecule has 0 saturated carbocycles. The highest BCUT2D eigenvalue weighted by Crippen LogP contribution is 2.36. The summed E-state index contributed by atoms with van der Waals surface area (Å²) in [5.74, 6) is 1.80. The summed E-state index contributed by atoms with van der Waals surface area (Å²) in [6.07, 6.45) is 2.12. The van der Waals surface area contributed by atoms with Gasteiger partial charge in [0.05, 0.1) is 5.02 Å². The molecular weight excluding hydrogens is 386 g/mol. The fraction of sp³-hybridized carbons (Fsp3) is 0.250. The van der Waals surface area contributed by atoms with Gasteiger partial charge in [0.1, 0.15) is 12.4 Å². The summed E-state index contributed by atoms with van der Waals surface area (Å²) in [7, 11) is 0. The number of ether oxygens (including phenoxy) is 1. The Morgan fingerprint density at radius 3 is 2.46 bits per heavy atom. The number of hydrogen-bond acceptors (Lipinski definition) is 3. The second-order valence-corrected chi connectivity index (χ2v) is 8.36. The summed E-state index contributed by atoms with van der Waals surface area (Å²) >= 11 is 8.38. The van der Waals surface area contributed by atoms with Gasteiger partial charge in [0, 0.05) is 10.6 Å². The highest BCUT2D eigenvalue weighted by atomic mass is 35.5. The average Bonchev–Trinajstić information content (AvgIpc) is 2.99. The van der Waals surface area contributed by atoms with E-state index in [4.69, 9.17) is 16.3 Å². The number of thioether (sulfide) groups is 1. The van der Waals surface area contributed by atoms with Crippen molar-refractivity contribution in [2.75, 3.05) is 13.1 Å². The second kappa shape index (κ2) is 9.51. The maximum Gasteiger partial charge on any atom is 0.119 e. The topological polar surface area (TPSA) is 21.3 Å². The molecule has 0 saturated heterocycles. The van der Waals surface area contributed by atoms with Crippen LogP contribution in [0.15, 0.2) is 71.6 Å². The van der Waals surface area contributed by atoms with Crippen molar-refractivity contribution in [2.24, 2.45) is 0 Å². The molecule has 1 heterocycles. The normalized spacial score (nSPS) is 13.6. The molecule has 1 N–H and O–H groups in total. The lowest BCUT2D eigenvalue weighted by Crippen LogP contribution is -2.16. The van der Waals surface area contributed by atoms with Crippen molar-refractivity contribution in [3.05, 3.63) is 94.0 Å². The predicted octanol–water partition coefficient (Wildman–Crippen LogP) is 5.90. The van der Waals surface area contributed by atoms with E-state index in [2.05, 4.69) is 53.8 Å². The monoisotopic (exact) mass is 409 g/mol. The van der Waals surface area contributed by atoms with Crippen LogP contribution < -0.4 is 10.1 Å². The van der Waals surface area contributed by atoms with Crippen molar-refractivity contribution in [1.29, 1.82) is 0 Å². The smallest absolute Gasteiger partial charge is 0.119 e. The summed E-state index contributed by atoms with van der Waals surface area (Å²) < 4.78 is 5.88. The summed E-state index contributed by atoms with van der Waals surface area (Å²) in [6.45, 7) is 2.66. The van der Waals surface area contributed by atoms with Gasteiger partial charge in [0.25, 0.3) is 0 Å². The molecule has 0 unspecified atom stereocenters. The van der Waals surface area contributed by atoms with E-state index in [1.54, 1.807) is 0 Å². The van der Waals surface area contributed by atoms with Gasteiger partial charge in [-0.25, -0.2) is 0 Å². The molecule has 0 aliphatic carbocycles. The summed E-state index contributed by atoms with van der Waals surface area (Å²) in [5, 5.41) is 4.35. The van der Waals surface area contributed by atoms with Gasteiger partial charge in [0.2, 0.25) is 0 Å². The first-order valence-electron chi connectivity index (χ1n) is 9.69. The Morgan fingerprint density at radius 2 is 1.64 bits per heavy atom. The van der Waals surface area contributed by atoms with Gasteiger partial charge in [-0.1, -0.05) is 60.1 Å². The Balaban J connectivity index is 1.39. The lowest BCUT2D eigenvalue weighted by Gasteiger charge is -2.14. The Bertz CT molecular complexity index is 912. The van der Waals surface area contributed by atoms with Crippen molar-refractivity contribution >= 4 is 23.4 Å². The summed E-state index contributed by atoms with van der Waals surface area (Å²) in [4.78, 5) is 1.24. The molecule has 144 valence electrons. The molecule has 1 aliphatic heterocycles. The molecule has 1 aliphatic rings. The minimum Gasteiger partial charge on any atom is -0.489 e. The minimum absolute atomic E-state index is 0.592. The maximum atomic E-state index is 6.54. The molecule has 0 spiro atoms. The standard InChI is InChI=1S/C24H24ClNOS/c25-23-11-8-20-12-14-26-15-13-22(20)24(23)28-17-19-6-9-21(10-7-19)27-16-18-4-2-1-3-5-18/h1-11,26H,12-17H2. The van der Waals surface area contributed by atoms with E-state index in [-0.39, 0.29) is 0 Å². The summed E-state index contributed by atoms with van der Waals surface area (Å²) in [5.41, 5.74) is 5.31. The number of hydrogen-bond donors (Lipinski definition) is 1. The van der Waals surface area contributed by atoms with Gasteiger partial charge in [0.15, 0.2) is 0 Å². The van der Waals surface area contributed by atoms with E-state index in [1.165, 1.54) is 27.1 Å². The highest BCUT2D eigenvalue weighted by molar-refractivity contribution is 7.98. The van der Waals surface area contributed by atoms with E-state index in [9.17, 15) is 0 Å². The first-order chi connectivity index (χ1) is 13.8. The van der Waals surface area contributed by atoms with Gasteiger partial charge < -0.3 is 10.1 Å². The van der Waals surface area contributed by atoms with Crippen LogP contribution >= 0.6 is 23.4 Å². The zero-order valence-corrected chi connectivity index (χ0v) is 17.4. The quantitative estimate of drug-likeness (QED) is 0.512. The molecule has 0 radical (unpaired) electrons. The SMILES string of the molecule is Clc1ccc2c(c1SCc1ccc(OCc3ccccc3)cc1)CCNCC2. The number of nitrogens with one attached hydrogen (secondary N) is 1. The van der Waals surface area contributed by atoms with E-state index in [1.807, 2.05) is 30.0 Å². The van der Waals surface area contributed by atoms with Crippen LogP contribution in [0.3, 0.4) is 0 Å². The van der Waals surface area contributed by atoms with Crippen LogP contribution in [0, 0.1) is 0 Å². The molecule has 28 heavy (non-hydrogen) atoms. The van der Waals surface area contributed by atoms with Crippen molar-refractivity contribution in [1.82, 2.24) is 5.32 Å². The summed E-state index contributed by atoms with van der Waals surface area (Å²) in [6, 6.07) is 22.9. The highest BCUT2D eigenvalue weighted by Gasteiger charge is 2.15. The predicted molar refractivity (Wildman–Crippen MR) is 119 cm³/mol. The van der Waals surface area contributed by atoms with Gasteiger partial charge >= 0.3 is 0 Å². The van der Waals surface area contributed by atoms with Gasteiger partial charge in [-0.3, -0.25) is 0 Å². The Hall–Kier alpha value is -1.94. The van der Waals surface area contributed by atoms with Crippen molar-refractivity contribution in [3.63, 3.8) is 0 Å². The molecule has 3 aromatic carbocycles. The van der Waals surface area contributed by atoms with Crippen LogP contribution in [0.5, 0.6) is 5.75 Å². The first-order valence-corrected chi connectivity index (χ1v) is 11.1. The van der Waals surface area contributed by atoms with Crippen molar-refractivity contribution in [2.45, 2.75) is 30.1 Å². The average molecular weight is 410 g/mol. The molecular formula is C24H24ClNOS. The van der Waals surface area contributed by atoms with E-state index in [0.717, 1.165) is 42.5 Å². The largest absolute Gasteiger partial charge is 0.489 e. The molecule has 2 nitrogen and oxygen atoms in total. The second-order valence-electron chi connectivity index (χ2n) is 6.97. The van der Waals surface area contributed by atoms with E-state index in [0.29, 0.717) is 6.61 Å². The zero-order chi connectivity index (χ0) is 19.2. The molecule has 0 fully saturated rings. The number of benzene rings is 3. The molecule has 0 amide bonds. The Morgan fingerprint density at radius 1 is 0.857 bits per heavy atom. The lowest BCUT2D eigenvalue weighted by atomic mass is 10.0. The molecule has 4 heteroatoms. The molecule has 0 aromatic heterocycles. The third-order valence-electron chi connectivity index (χ3n) is 4.99. The van der Waals surface area contributed by atoms with Crippen LogP contribution in [0.4, 0.5) is 0 Å². The molecule has 0 atom stereocenters. The molecule has 4 rings (SSSR count). The maximum absolute atomic E-state index is 6.54. The fourth-order valence-electron chi connectivity index (χ4n) is 3.44. The third-order valence-corrected chi connectivity index (χ3v) is 6.65. The van der Waals surface area contributed by atoms with Crippen molar-refractivity contribution in [3.8, 4) is 5.75 Å². The van der Waals surface area contributed by atoms with E-state index < -0.39 is 0 Å². The molecule has 3 aromatic rings. The Kier molecular flexibility index (Phi) is 6.58. The van der Waals surface area contributed by atoms with Crippen LogP contribution in [0.1, 0.15) is 22.3 Å². The zero-order valence-electron chi connectivity index (χ0n) is 15.8. The van der Waals surface area contributed by atoms with Gasteiger partial charge in [-0.05, 0) is 66.4 Å². The van der Waals surface area contributed by atoms with Gasteiger partial charge in [-0.15, -0.1) is 11.8 Å². The fourth-order valence-corrected chi connectivity index (χ4v) is 4.90. The number of halogens is 1. The lowest BCUT2D eigenvalue weighted by molar-refractivity contribution is 0.306. The number of fused-ring (bicyclic) bond motifs is 1. The van der Waals surface area contributed by atoms with Crippen molar-refractivity contribution < 1.29 is 4.74 Å². The van der Waals surface area contributed by atoms with Crippen LogP contribution in [-0.4, -0.2) is 13.1 Å². The number of rotatable bonds is 6. The van der Waals surface area contributed by atoms with Crippen LogP contribution in [0.2, 0.25) is 5.02 Å². The Labute approximate surface area is 176 Å². The van der Waals surface area contributed by atoms with Crippen LogP contribution in [-0.2, 0) is 25.2 Å². The van der Waals surface area contributed by atoms with Crippen LogP contribution in [0.25, 0.3) is 0 Å². The van der Waals surface area contributed by atoms with Gasteiger partial charge in [-0.2, -0.15) is 0 Å². The van der Waals surface area contributed by atoms with E-state index >= 15 is 0 Å². The first kappa shape index (κ1) is 19.4. The molecule has 0 bridgehead atoms. The third kappa shape index (κ3) is 4.91.